The largest absolute Gasteiger partial charge is 0.480 e. The predicted octanol–water partition coefficient (Wildman–Crippen LogP) is 0.688. The summed E-state index contributed by atoms with van der Waals surface area (Å²) in [5.74, 6) is -1.99. The van der Waals surface area contributed by atoms with Gasteiger partial charge in [-0.25, -0.2) is 4.39 Å². The van der Waals surface area contributed by atoms with Gasteiger partial charge in [0.15, 0.2) is 0 Å². The fraction of sp³-hybridized carbons (Fsp3) is 0.222. The maximum absolute atomic E-state index is 13.2. The number of aliphatic carboxylic acids is 1. The van der Waals surface area contributed by atoms with E-state index in [9.17, 15) is 19.3 Å². The molecule has 0 radical (unpaired) electrons. The highest BCUT2D eigenvalue weighted by atomic mass is 19.1. The smallest absolute Gasteiger partial charge is 0.320 e. The summed E-state index contributed by atoms with van der Waals surface area (Å²) in [6.45, 7) is 0. The molecule has 0 heterocycles. The van der Waals surface area contributed by atoms with Crippen molar-refractivity contribution in [3.63, 3.8) is 0 Å². The molecule has 1 atom stereocenters. The molecule has 3 N–H and O–H groups in total. The number of benzene rings is 1. The lowest BCUT2D eigenvalue weighted by molar-refractivity contribution is -0.385. The first kappa shape index (κ1) is 12.1. The maximum atomic E-state index is 13.2. The third kappa shape index (κ3) is 2.74. The van der Waals surface area contributed by atoms with Crippen LogP contribution in [0.3, 0.4) is 0 Å². The molecule has 0 aliphatic rings. The van der Waals surface area contributed by atoms with Crippen molar-refractivity contribution < 1.29 is 19.2 Å². The molecule has 0 aliphatic carbocycles. The Bertz CT molecular complexity index is 436. The van der Waals surface area contributed by atoms with Gasteiger partial charge >= 0.3 is 5.97 Å². The maximum Gasteiger partial charge on any atom is 0.320 e. The van der Waals surface area contributed by atoms with Crippen LogP contribution in [0.1, 0.15) is 5.56 Å². The first-order valence-electron chi connectivity index (χ1n) is 4.33. The van der Waals surface area contributed by atoms with E-state index in [1.165, 1.54) is 0 Å². The fourth-order valence-electron chi connectivity index (χ4n) is 1.16. The number of carboxylic acids is 1. The van der Waals surface area contributed by atoms with Crippen LogP contribution in [0.4, 0.5) is 10.1 Å². The molecule has 0 saturated carbocycles. The van der Waals surface area contributed by atoms with Crippen LogP contribution in [0, 0.1) is 15.9 Å². The number of carbonyl (C=O) groups is 1. The molecular weight excluding hydrogens is 219 g/mol. The van der Waals surface area contributed by atoms with E-state index in [0.717, 1.165) is 18.2 Å². The molecule has 86 valence electrons. The number of halogens is 1. The van der Waals surface area contributed by atoms with Crippen molar-refractivity contribution in [2.24, 2.45) is 5.73 Å². The Morgan fingerprint density at radius 1 is 1.62 bits per heavy atom. The lowest BCUT2D eigenvalue weighted by atomic mass is 10.1. The van der Waals surface area contributed by atoms with E-state index < -0.39 is 22.8 Å². The van der Waals surface area contributed by atoms with Crippen LogP contribution in [0.2, 0.25) is 0 Å². The predicted molar refractivity (Wildman–Crippen MR) is 52.4 cm³/mol. The number of hydrogen-bond acceptors (Lipinski definition) is 4. The third-order valence-electron chi connectivity index (χ3n) is 2.00. The summed E-state index contributed by atoms with van der Waals surface area (Å²) in [5.41, 5.74) is 4.83. The van der Waals surface area contributed by atoms with Gasteiger partial charge in [-0.1, -0.05) is 0 Å². The Kier molecular flexibility index (Phi) is 3.51. The van der Waals surface area contributed by atoms with Crippen LogP contribution in [-0.2, 0) is 11.2 Å². The van der Waals surface area contributed by atoms with Crippen LogP contribution in [-0.4, -0.2) is 22.0 Å². The molecule has 0 amide bonds. The summed E-state index contributed by atoms with van der Waals surface area (Å²) in [7, 11) is 0. The SMILES string of the molecule is N[C@@H](Cc1cc([N+](=O)[O-])ccc1F)C(=O)O. The highest BCUT2D eigenvalue weighted by Gasteiger charge is 2.17. The Hall–Kier alpha value is -2.02. The van der Waals surface area contributed by atoms with Crippen molar-refractivity contribution >= 4 is 11.7 Å². The second kappa shape index (κ2) is 4.67. The molecule has 0 aliphatic heterocycles. The molecule has 16 heavy (non-hydrogen) atoms. The van der Waals surface area contributed by atoms with Gasteiger partial charge in [0, 0.05) is 18.6 Å². The quantitative estimate of drug-likeness (QED) is 0.582. The molecular formula is C9H9FN2O4. The second-order valence-electron chi connectivity index (χ2n) is 3.18. The number of nitro benzene ring substituents is 1. The van der Waals surface area contributed by atoms with E-state index in [1.807, 2.05) is 0 Å². The van der Waals surface area contributed by atoms with Crippen LogP contribution >= 0.6 is 0 Å². The van der Waals surface area contributed by atoms with Gasteiger partial charge in [0.25, 0.3) is 5.69 Å². The second-order valence-corrected chi connectivity index (χ2v) is 3.18. The van der Waals surface area contributed by atoms with Gasteiger partial charge in [0.2, 0.25) is 0 Å². The lowest BCUT2D eigenvalue weighted by Gasteiger charge is -2.06. The molecule has 1 rings (SSSR count). The minimum absolute atomic E-state index is 0.0795. The zero-order valence-electron chi connectivity index (χ0n) is 8.09. The molecule has 0 fully saturated rings. The van der Waals surface area contributed by atoms with E-state index >= 15 is 0 Å². The molecule has 0 saturated heterocycles. The number of non-ortho nitro benzene ring substituents is 1. The van der Waals surface area contributed by atoms with Crippen LogP contribution in [0.15, 0.2) is 18.2 Å². The monoisotopic (exact) mass is 228 g/mol. The van der Waals surface area contributed by atoms with Crippen molar-refractivity contribution in [3.05, 3.63) is 39.7 Å². The molecule has 1 aromatic rings. The van der Waals surface area contributed by atoms with Crippen LogP contribution in [0.25, 0.3) is 0 Å². The average molecular weight is 228 g/mol. The number of carboxylic acid groups (broad SMARTS) is 1. The highest BCUT2D eigenvalue weighted by molar-refractivity contribution is 5.73. The Morgan fingerprint density at radius 2 is 2.25 bits per heavy atom. The van der Waals surface area contributed by atoms with E-state index in [1.54, 1.807) is 0 Å². The highest BCUT2D eigenvalue weighted by Crippen LogP contribution is 2.17. The summed E-state index contributed by atoms with van der Waals surface area (Å²) >= 11 is 0. The van der Waals surface area contributed by atoms with E-state index in [-0.39, 0.29) is 17.7 Å². The lowest BCUT2D eigenvalue weighted by Crippen LogP contribution is -2.32. The van der Waals surface area contributed by atoms with Gasteiger partial charge in [0.05, 0.1) is 4.92 Å². The van der Waals surface area contributed by atoms with E-state index in [0.29, 0.717) is 0 Å². The zero-order chi connectivity index (χ0) is 12.3. The summed E-state index contributed by atoms with van der Waals surface area (Å²) < 4.78 is 13.2. The molecule has 6 nitrogen and oxygen atoms in total. The van der Waals surface area contributed by atoms with Crippen molar-refractivity contribution in [3.8, 4) is 0 Å². The average Bonchev–Trinajstić information content (AvgIpc) is 2.20. The molecule has 7 heteroatoms. The van der Waals surface area contributed by atoms with Crippen molar-refractivity contribution in [1.82, 2.24) is 0 Å². The number of rotatable bonds is 4. The molecule has 0 unspecified atom stereocenters. The fourth-order valence-corrected chi connectivity index (χ4v) is 1.16. The summed E-state index contributed by atoms with van der Waals surface area (Å²) in [6.07, 6.45) is -0.289. The first-order chi connectivity index (χ1) is 7.41. The Morgan fingerprint density at radius 3 is 2.75 bits per heavy atom. The number of nitro groups is 1. The van der Waals surface area contributed by atoms with Gasteiger partial charge in [0.1, 0.15) is 11.9 Å². The van der Waals surface area contributed by atoms with Gasteiger partial charge in [-0.15, -0.1) is 0 Å². The molecule has 0 bridgehead atoms. The molecule has 1 aromatic carbocycles. The summed E-state index contributed by atoms with van der Waals surface area (Å²) in [5, 5.41) is 19.0. The first-order valence-corrected chi connectivity index (χ1v) is 4.33. The van der Waals surface area contributed by atoms with Crippen molar-refractivity contribution in [1.29, 1.82) is 0 Å². The summed E-state index contributed by atoms with van der Waals surface area (Å²) in [4.78, 5) is 20.2. The van der Waals surface area contributed by atoms with Crippen LogP contribution < -0.4 is 5.73 Å². The van der Waals surface area contributed by atoms with Gasteiger partial charge in [-0.2, -0.15) is 0 Å². The van der Waals surface area contributed by atoms with E-state index in [4.69, 9.17) is 10.8 Å². The Balaban J connectivity index is 2.98. The Labute approximate surface area is 89.6 Å². The van der Waals surface area contributed by atoms with Crippen LogP contribution in [0.5, 0.6) is 0 Å². The minimum Gasteiger partial charge on any atom is -0.480 e. The van der Waals surface area contributed by atoms with E-state index in [2.05, 4.69) is 0 Å². The van der Waals surface area contributed by atoms with Gasteiger partial charge in [-0.05, 0) is 11.6 Å². The van der Waals surface area contributed by atoms with Gasteiger partial charge < -0.3 is 10.8 Å². The zero-order valence-corrected chi connectivity index (χ0v) is 8.09. The van der Waals surface area contributed by atoms with Crippen molar-refractivity contribution in [2.75, 3.05) is 0 Å². The number of nitrogens with two attached hydrogens (primary N) is 1. The summed E-state index contributed by atoms with van der Waals surface area (Å²) in [6, 6.07) is 1.63. The van der Waals surface area contributed by atoms with Crippen molar-refractivity contribution in [2.45, 2.75) is 12.5 Å². The third-order valence-corrected chi connectivity index (χ3v) is 2.00. The number of nitrogens with zero attached hydrogens (tertiary/aromatic N) is 1. The normalized spacial score (nSPS) is 12.1. The molecule has 0 spiro atoms. The standard InChI is InChI=1S/C9H9FN2O4/c10-7-2-1-6(12(15)16)3-5(7)4-8(11)9(13)14/h1-3,8H,4,11H2,(H,13,14)/t8-/m0/s1. The topological polar surface area (TPSA) is 106 Å². The number of hydrogen-bond donors (Lipinski definition) is 2. The minimum atomic E-state index is -1.29. The molecule has 0 aromatic heterocycles. The van der Waals surface area contributed by atoms with Gasteiger partial charge in [-0.3, -0.25) is 14.9 Å².